The summed E-state index contributed by atoms with van der Waals surface area (Å²) in [6.45, 7) is 2.22. The van der Waals surface area contributed by atoms with Crippen LogP contribution in [0.4, 0.5) is 0 Å². The van der Waals surface area contributed by atoms with Crippen LogP contribution in [0.5, 0.6) is 0 Å². The van der Waals surface area contributed by atoms with E-state index in [1.54, 1.807) is 11.8 Å². The zero-order chi connectivity index (χ0) is 15.2. The fraction of sp³-hybridized carbons (Fsp3) is 0.294. The Kier molecular flexibility index (Phi) is 5.40. The van der Waals surface area contributed by atoms with Crippen LogP contribution >= 0.6 is 23.5 Å². The Morgan fingerprint density at radius 3 is 2.91 bits per heavy atom. The van der Waals surface area contributed by atoms with Gasteiger partial charge in [0.25, 0.3) is 0 Å². The third-order valence-corrected chi connectivity index (χ3v) is 5.27. The van der Waals surface area contributed by atoms with Crippen LogP contribution in [0.15, 0.2) is 52.6 Å². The van der Waals surface area contributed by atoms with Crippen molar-refractivity contribution >= 4 is 34.6 Å². The van der Waals surface area contributed by atoms with E-state index in [0.29, 0.717) is 0 Å². The van der Waals surface area contributed by atoms with Gasteiger partial charge in [-0.05, 0) is 36.4 Å². The summed E-state index contributed by atoms with van der Waals surface area (Å²) in [6, 6.07) is 12.4. The van der Waals surface area contributed by atoms with Crippen LogP contribution < -0.4 is 0 Å². The molecule has 3 aromatic rings. The normalized spacial score (nSPS) is 11.1. The highest BCUT2D eigenvalue weighted by Gasteiger charge is 2.04. The molecule has 0 aliphatic carbocycles. The second kappa shape index (κ2) is 7.70. The molecule has 0 atom stereocenters. The third kappa shape index (κ3) is 4.05. The molecule has 0 radical (unpaired) electrons. The molecule has 0 saturated heterocycles. The number of rotatable bonds is 7. The number of benzene rings is 1. The number of pyridine rings is 1. The third-order valence-electron chi connectivity index (χ3n) is 3.28. The van der Waals surface area contributed by atoms with Crippen molar-refractivity contribution in [2.24, 2.45) is 0 Å². The predicted molar refractivity (Wildman–Crippen MR) is 95.5 cm³/mol. The number of nitrogens with zero attached hydrogens (tertiary/aromatic N) is 2. The zero-order valence-corrected chi connectivity index (χ0v) is 14.2. The number of para-hydroxylation sites is 2. The number of aromatic nitrogens is 3. The van der Waals surface area contributed by atoms with E-state index in [4.69, 9.17) is 0 Å². The van der Waals surface area contributed by atoms with Gasteiger partial charge in [-0.1, -0.05) is 37.2 Å². The molecule has 3 rings (SSSR count). The molecule has 0 spiro atoms. The van der Waals surface area contributed by atoms with Gasteiger partial charge in [-0.15, -0.1) is 11.8 Å². The number of hydrogen-bond acceptors (Lipinski definition) is 4. The summed E-state index contributed by atoms with van der Waals surface area (Å²) < 4.78 is 0. The highest BCUT2D eigenvalue weighted by atomic mass is 32.2. The average molecular weight is 329 g/mol. The Morgan fingerprint density at radius 1 is 1.14 bits per heavy atom. The van der Waals surface area contributed by atoms with Crippen molar-refractivity contribution in [3.63, 3.8) is 0 Å². The molecular weight excluding hydrogens is 310 g/mol. The van der Waals surface area contributed by atoms with Crippen molar-refractivity contribution in [1.82, 2.24) is 15.0 Å². The highest BCUT2D eigenvalue weighted by molar-refractivity contribution is 7.99. The van der Waals surface area contributed by atoms with Crippen LogP contribution in [-0.4, -0.2) is 20.7 Å². The van der Waals surface area contributed by atoms with Crippen LogP contribution in [0.1, 0.15) is 25.5 Å². The number of thioether (sulfide) groups is 2. The first kappa shape index (κ1) is 15.4. The minimum atomic E-state index is 0.835. The molecule has 0 bridgehead atoms. The second-order valence-electron chi connectivity index (χ2n) is 5.03. The lowest BCUT2D eigenvalue weighted by Crippen LogP contribution is -1.88. The smallest absolute Gasteiger partial charge is 0.166 e. The molecule has 0 fully saturated rings. The van der Waals surface area contributed by atoms with Gasteiger partial charge in [0.05, 0.1) is 16.7 Å². The first-order valence-electron chi connectivity index (χ1n) is 7.50. The largest absolute Gasteiger partial charge is 0.333 e. The summed E-state index contributed by atoms with van der Waals surface area (Å²) in [6.07, 6.45) is 4.41. The van der Waals surface area contributed by atoms with Crippen LogP contribution in [0, 0.1) is 0 Å². The monoisotopic (exact) mass is 329 g/mol. The molecule has 1 N–H and O–H groups in total. The van der Waals surface area contributed by atoms with E-state index >= 15 is 0 Å². The summed E-state index contributed by atoms with van der Waals surface area (Å²) in [5.41, 5.74) is 3.20. The van der Waals surface area contributed by atoms with Gasteiger partial charge in [-0.3, -0.25) is 4.98 Å². The van der Waals surface area contributed by atoms with E-state index in [0.717, 1.165) is 27.6 Å². The fourth-order valence-electron chi connectivity index (χ4n) is 2.10. The lowest BCUT2D eigenvalue weighted by molar-refractivity contribution is 0.896. The number of imidazole rings is 1. The van der Waals surface area contributed by atoms with Gasteiger partial charge in [-0.25, -0.2) is 4.98 Å². The fourth-order valence-corrected chi connectivity index (χ4v) is 3.93. The SMILES string of the molecule is CCCCSc1ccnc(CSc2nc3ccccc3[nH]2)c1. The molecule has 0 amide bonds. The zero-order valence-electron chi connectivity index (χ0n) is 12.6. The van der Waals surface area contributed by atoms with Crippen molar-refractivity contribution in [3.8, 4) is 0 Å². The standard InChI is InChI=1S/C17H19N3S2/c1-2-3-10-21-14-8-9-18-13(11-14)12-22-17-19-15-6-4-5-7-16(15)20-17/h4-9,11H,2-3,10,12H2,1H3,(H,19,20). The summed E-state index contributed by atoms with van der Waals surface area (Å²) >= 11 is 3.61. The Balaban J connectivity index is 1.62. The summed E-state index contributed by atoms with van der Waals surface area (Å²) in [5, 5.41) is 0.951. The molecule has 2 aromatic heterocycles. The van der Waals surface area contributed by atoms with Gasteiger partial charge < -0.3 is 4.98 Å². The maximum absolute atomic E-state index is 4.59. The molecule has 1 aromatic carbocycles. The molecule has 0 aliphatic heterocycles. The lowest BCUT2D eigenvalue weighted by atomic mass is 10.3. The van der Waals surface area contributed by atoms with Gasteiger partial charge in [0.2, 0.25) is 0 Å². The topological polar surface area (TPSA) is 41.6 Å². The Morgan fingerprint density at radius 2 is 2.05 bits per heavy atom. The number of aromatic amines is 1. The molecule has 0 unspecified atom stereocenters. The molecule has 22 heavy (non-hydrogen) atoms. The van der Waals surface area contributed by atoms with E-state index < -0.39 is 0 Å². The van der Waals surface area contributed by atoms with Gasteiger partial charge in [-0.2, -0.15) is 0 Å². The highest BCUT2D eigenvalue weighted by Crippen LogP contribution is 2.25. The van der Waals surface area contributed by atoms with Crippen molar-refractivity contribution in [1.29, 1.82) is 0 Å². The van der Waals surface area contributed by atoms with Crippen molar-refractivity contribution in [3.05, 3.63) is 48.3 Å². The molecule has 5 heteroatoms. The van der Waals surface area contributed by atoms with Gasteiger partial charge in [0.15, 0.2) is 5.16 Å². The van der Waals surface area contributed by atoms with E-state index in [-0.39, 0.29) is 0 Å². The summed E-state index contributed by atoms with van der Waals surface area (Å²) in [5.74, 6) is 2.01. The predicted octanol–water partition coefficient (Wildman–Crippen LogP) is 5.14. The van der Waals surface area contributed by atoms with Gasteiger partial charge in [0, 0.05) is 16.8 Å². The number of fused-ring (bicyclic) bond motifs is 1. The molecule has 2 heterocycles. The van der Waals surface area contributed by atoms with Crippen LogP contribution in [-0.2, 0) is 5.75 Å². The molecule has 3 nitrogen and oxygen atoms in total. The van der Waals surface area contributed by atoms with Crippen molar-refractivity contribution < 1.29 is 0 Å². The Labute approximate surface area is 139 Å². The Bertz CT molecular complexity index is 706. The van der Waals surface area contributed by atoms with Gasteiger partial charge in [0.1, 0.15) is 0 Å². The lowest BCUT2D eigenvalue weighted by Gasteiger charge is -2.03. The van der Waals surface area contributed by atoms with Gasteiger partial charge >= 0.3 is 0 Å². The van der Waals surface area contributed by atoms with Crippen LogP contribution in [0.2, 0.25) is 0 Å². The summed E-state index contributed by atoms with van der Waals surface area (Å²) in [4.78, 5) is 13.7. The molecule has 0 aliphatic rings. The minimum absolute atomic E-state index is 0.835. The van der Waals surface area contributed by atoms with Crippen molar-refractivity contribution in [2.45, 2.75) is 35.6 Å². The quantitative estimate of drug-likeness (QED) is 0.481. The maximum atomic E-state index is 4.59. The van der Waals surface area contributed by atoms with E-state index in [2.05, 4.69) is 40.1 Å². The minimum Gasteiger partial charge on any atom is -0.333 e. The Hall–Kier alpha value is -1.46. The van der Waals surface area contributed by atoms with Crippen molar-refractivity contribution in [2.75, 3.05) is 5.75 Å². The number of nitrogens with one attached hydrogen (secondary N) is 1. The second-order valence-corrected chi connectivity index (χ2v) is 7.17. The average Bonchev–Trinajstić information content (AvgIpc) is 2.97. The molecular formula is C17H19N3S2. The molecule has 114 valence electrons. The number of H-pyrrole nitrogens is 1. The first-order valence-corrected chi connectivity index (χ1v) is 9.47. The summed E-state index contributed by atoms with van der Waals surface area (Å²) in [7, 11) is 0. The maximum Gasteiger partial charge on any atom is 0.166 e. The van der Waals surface area contributed by atoms with E-state index in [9.17, 15) is 0 Å². The van der Waals surface area contributed by atoms with E-state index in [1.165, 1.54) is 23.5 Å². The first-order chi connectivity index (χ1) is 10.8. The van der Waals surface area contributed by atoms with Crippen LogP contribution in [0.25, 0.3) is 11.0 Å². The van der Waals surface area contributed by atoms with Crippen LogP contribution in [0.3, 0.4) is 0 Å². The molecule has 0 saturated carbocycles. The van der Waals surface area contributed by atoms with E-state index in [1.807, 2.05) is 36.2 Å². The number of unbranched alkanes of at least 4 members (excludes halogenated alkanes) is 1. The number of hydrogen-bond donors (Lipinski definition) is 1.